The van der Waals surface area contributed by atoms with Gasteiger partial charge in [0, 0.05) is 5.56 Å². The molecule has 0 saturated heterocycles. The summed E-state index contributed by atoms with van der Waals surface area (Å²) in [6.07, 6.45) is -0.227. The molecular weight excluding hydrogens is 280 g/mol. The summed E-state index contributed by atoms with van der Waals surface area (Å²) in [7, 11) is 0. The summed E-state index contributed by atoms with van der Waals surface area (Å²) < 4.78 is 5.69. The van der Waals surface area contributed by atoms with Crippen LogP contribution in [0.3, 0.4) is 0 Å². The van der Waals surface area contributed by atoms with Crippen molar-refractivity contribution in [2.45, 2.75) is 6.42 Å². The van der Waals surface area contributed by atoms with Crippen molar-refractivity contribution in [2.75, 3.05) is 0 Å². The van der Waals surface area contributed by atoms with Gasteiger partial charge < -0.3 is 9.52 Å². The number of benzene rings is 2. The first-order valence-electron chi connectivity index (χ1n) is 5.92. The molecule has 0 aliphatic carbocycles. The number of halogens is 1. The number of hydrogen-bond donors (Lipinski definition) is 1. The van der Waals surface area contributed by atoms with E-state index in [1.54, 1.807) is 30.3 Å². The van der Waals surface area contributed by atoms with Crippen LogP contribution < -0.4 is 5.43 Å². The maximum absolute atomic E-state index is 12.5. The Morgan fingerprint density at radius 2 is 1.95 bits per heavy atom. The van der Waals surface area contributed by atoms with Gasteiger partial charge in [-0.25, -0.2) is 0 Å². The molecule has 1 aromatic heterocycles. The Balaban J connectivity index is 2.49. The Labute approximate surface area is 118 Å². The van der Waals surface area contributed by atoms with Crippen molar-refractivity contribution in [1.82, 2.24) is 0 Å². The predicted molar refractivity (Wildman–Crippen MR) is 76.3 cm³/mol. The standard InChI is InChI=1S/C15H9ClO4/c16-10-6-5-8(7-12(17)18)15-13(10)14(19)9-3-1-2-4-11(9)20-15/h1-6H,7H2,(H,17,18). The van der Waals surface area contributed by atoms with E-state index in [1.165, 1.54) is 6.07 Å². The minimum Gasteiger partial charge on any atom is -0.481 e. The van der Waals surface area contributed by atoms with E-state index in [-0.39, 0.29) is 27.8 Å². The maximum atomic E-state index is 12.5. The van der Waals surface area contributed by atoms with Crippen LogP contribution in [0.2, 0.25) is 5.02 Å². The number of hydrogen-bond acceptors (Lipinski definition) is 3. The fourth-order valence-corrected chi connectivity index (χ4v) is 2.45. The first kappa shape index (κ1) is 12.7. The first-order chi connectivity index (χ1) is 9.58. The van der Waals surface area contributed by atoms with Crippen LogP contribution in [0.25, 0.3) is 21.9 Å². The van der Waals surface area contributed by atoms with E-state index in [1.807, 2.05) is 0 Å². The summed E-state index contributed by atoms with van der Waals surface area (Å²) in [6.45, 7) is 0. The highest BCUT2D eigenvalue weighted by atomic mass is 35.5. The van der Waals surface area contributed by atoms with Gasteiger partial charge in [-0.05, 0) is 18.2 Å². The lowest BCUT2D eigenvalue weighted by Crippen LogP contribution is -2.06. The van der Waals surface area contributed by atoms with Crippen molar-refractivity contribution in [3.05, 3.63) is 57.2 Å². The fourth-order valence-electron chi connectivity index (χ4n) is 2.22. The molecule has 0 saturated carbocycles. The normalized spacial score (nSPS) is 11.1. The van der Waals surface area contributed by atoms with Crippen LogP contribution in [0, 0.1) is 0 Å². The summed E-state index contributed by atoms with van der Waals surface area (Å²) >= 11 is 6.06. The smallest absolute Gasteiger partial charge is 0.307 e. The summed E-state index contributed by atoms with van der Waals surface area (Å²) in [5.41, 5.74) is 0.835. The zero-order valence-corrected chi connectivity index (χ0v) is 11.0. The second-order valence-corrected chi connectivity index (χ2v) is 4.82. The highest BCUT2D eigenvalue weighted by molar-refractivity contribution is 6.35. The summed E-state index contributed by atoms with van der Waals surface area (Å²) in [6, 6.07) is 9.89. The Morgan fingerprint density at radius 1 is 1.20 bits per heavy atom. The summed E-state index contributed by atoms with van der Waals surface area (Å²) in [4.78, 5) is 23.3. The summed E-state index contributed by atoms with van der Waals surface area (Å²) in [5, 5.41) is 9.83. The van der Waals surface area contributed by atoms with E-state index in [0.29, 0.717) is 16.5 Å². The Bertz CT molecular complexity index is 895. The van der Waals surface area contributed by atoms with Crippen LogP contribution in [-0.2, 0) is 11.2 Å². The summed E-state index contributed by atoms with van der Waals surface area (Å²) in [5.74, 6) is -0.996. The van der Waals surface area contributed by atoms with Gasteiger partial charge in [0.2, 0.25) is 5.43 Å². The number of carboxylic acids is 1. The third kappa shape index (κ3) is 1.94. The van der Waals surface area contributed by atoms with Crippen molar-refractivity contribution >= 4 is 39.5 Å². The van der Waals surface area contributed by atoms with Crippen molar-refractivity contribution in [1.29, 1.82) is 0 Å². The average molecular weight is 289 g/mol. The van der Waals surface area contributed by atoms with Gasteiger partial charge >= 0.3 is 5.97 Å². The molecule has 3 rings (SSSR count). The van der Waals surface area contributed by atoms with Crippen molar-refractivity contribution in [3.63, 3.8) is 0 Å². The van der Waals surface area contributed by atoms with Crippen molar-refractivity contribution in [3.8, 4) is 0 Å². The number of fused-ring (bicyclic) bond motifs is 2. The zero-order valence-electron chi connectivity index (χ0n) is 10.2. The molecule has 0 atom stereocenters. The van der Waals surface area contributed by atoms with E-state index < -0.39 is 5.97 Å². The number of para-hydroxylation sites is 1. The lowest BCUT2D eigenvalue weighted by Gasteiger charge is -2.06. The van der Waals surface area contributed by atoms with Gasteiger partial charge in [-0.3, -0.25) is 9.59 Å². The van der Waals surface area contributed by atoms with Crippen LogP contribution in [0.4, 0.5) is 0 Å². The zero-order chi connectivity index (χ0) is 14.3. The van der Waals surface area contributed by atoms with Gasteiger partial charge in [0.1, 0.15) is 11.2 Å². The van der Waals surface area contributed by atoms with Gasteiger partial charge in [-0.15, -0.1) is 0 Å². The second-order valence-electron chi connectivity index (χ2n) is 4.41. The van der Waals surface area contributed by atoms with Gasteiger partial charge in [0.05, 0.1) is 22.2 Å². The molecule has 0 amide bonds. The van der Waals surface area contributed by atoms with Gasteiger partial charge in [0.25, 0.3) is 0 Å². The highest BCUT2D eigenvalue weighted by Gasteiger charge is 2.15. The third-order valence-electron chi connectivity index (χ3n) is 3.10. The van der Waals surface area contributed by atoms with Crippen LogP contribution in [0.15, 0.2) is 45.6 Å². The third-order valence-corrected chi connectivity index (χ3v) is 3.42. The van der Waals surface area contributed by atoms with Crippen LogP contribution in [0.5, 0.6) is 0 Å². The molecule has 0 unspecified atom stereocenters. The Kier molecular flexibility index (Phi) is 2.95. The van der Waals surface area contributed by atoms with Crippen LogP contribution >= 0.6 is 11.6 Å². The largest absolute Gasteiger partial charge is 0.481 e. The molecule has 0 aliphatic rings. The molecule has 1 heterocycles. The topological polar surface area (TPSA) is 67.5 Å². The van der Waals surface area contributed by atoms with E-state index in [2.05, 4.69) is 0 Å². The lowest BCUT2D eigenvalue weighted by molar-refractivity contribution is -0.136. The van der Waals surface area contributed by atoms with Gasteiger partial charge in [0.15, 0.2) is 0 Å². The van der Waals surface area contributed by atoms with E-state index in [0.717, 1.165) is 0 Å². The average Bonchev–Trinajstić information content (AvgIpc) is 2.42. The van der Waals surface area contributed by atoms with E-state index in [9.17, 15) is 9.59 Å². The lowest BCUT2D eigenvalue weighted by atomic mass is 10.1. The van der Waals surface area contributed by atoms with Crippen LogP contribution in [0.1, 0.15) is 5.56 Å². The molecule has 0 spiro atoms. The SMILES string of the molecule is O=C(O)Cc1ccc(Cl)c2c(=O)c3ccccc3oc12. The molecule has 0 radical (unpaired) electrons. The molecule has 0 bridgehead atoms. The Morgan fingerprint density at radius 3 is 2.70 bits per heavy atom. The molecule has 0 aliphatic heterocycles. The number of carboxylic acid groups (broad SMARTS) is 1. The predicted octanol–water partition coefficient (Wildman–Crippen LogP) is 3.23. The number of aliphatic carboxylic acids is 1. The van der Waals surface area contributed by atoms with Crippen LogP contribution in [-0.4, -0.2) is 11.1 Å². The Hall–Kier alpha value is -2.33. The molecule has 3 aromatic rings. The number of rotatable bonds is 2. The molecule has 2 aromatic carbocycles. The second kappa shape index (κ2) is 4.65. The molecular formula is C15H9ClO4. The monoisotopic (exact) mass is 288 g/mol. The molecule has 4 nitrogen and oxygen atoms in total. The maximum Gasteiger partial charge on any atom is 0.307 e. The van der Waals surface area contributed by atoms with E-state index >= 15 is 0 Å². The van der Waals surface area contributed by atoms with Crippen molar-refractivity contribution < 1.29 is 14.3 Å². The first-order valence-corrected chi connectivity index (χ1v) is 6.30. The quantitative estimate of drug-likeness (QED) is 0.735. The molecule has 20 heavy (non-hydrogen) atoms. The number of carbonyl (C=O) groups is 1. The molecule has 1 N–H and O–H groups in total. The van der Waals surface area contributed by atoms with Crippen molar-refractivity contribution in [2.24, 2.45) is 0 Å². The fraction of sp³-hybridized carbons (Fsp3) is 0.0667. The van der Waals surface area contributed by atoms with Gasteiger partial charge in [-0.1, -0.05) is 29.8 Å². The van der Waals surface area contributed by atoms with E-state index in [4.69, 9.17) is 21.1 Å². The molecule has 5 heteroatoms. The molecule has 100 valence electrons. The molecule has 0 fully saturated rings. The minimum atomic E-state index is -0.996. The van der Waals surface area contributed by atoms with Gasteiger partial charge in [-0.2, -0.15) is 0 Å². The minimum absolute atomic E-state index is 0.226. The highest BCUT2D eigenvalue weighted by Crippen LogP contribution is 2.27.